The van der Waals surface area contributed by atoms with Crippen LogP contribution in [0.25, 0.3) is 10.4 Å². The maximum absolute atomic E-state index is 14.5. The lowest BCUT2D eigenvalue weighted by Crippen LogP contribution is -2.49. The number of fused-ring (bicyclic) bond motifs is 1. The minimum Gasteiger partial charge on any atom is -0.379 e. The molecule has 0 saturated carbocycles. The molecule has 3 aliphatic rings. The number of alkyl halides is 3. The van der Waals surface area contributed by atoms with Crippen LogP contribution in [0, 0.1) is 5.92 Å². The first-order valence-corrected chi connectivity index (χ1v) is 15.9. The van der Waals surface area contributed by atoms with Crippen molar-refractivity contribution < 1.29 is 27.5 Å². The number of benzene rings is 1. The third-order valence-electron chi connectivity index (χ3n) is 9.28. The van der Waals surface area contributed by atoms with Crippen LogP contribution in [0.2, 0.25) is 0 Å². The second kappa shape index (κ2) is 13.3. The Balaban J connectivity index is 1.42. The van der Waals surface area contributed by atoms with Gasteiger partial charge in [0.25, 0.3) is 5.91 Å². The number of anilines is 2. The molecule has 254 valence electrons. The molecule has 13 nitrogen and oxygen atoms in total. The van der Waals surface area contributed by atoms with Crippen LogP contribution in [0.15, 0.2) is 35.7 Å². The number of ether oxygens (including phenoxy) is 1. The zero-order chi connectivity index (χ0) is 34.2. The third kappa shape index (κ3) is 6.70. The Bertz CT molecular complexity index is 1770. The van der Waals surface area contributed by atoms with Crippen molar-refractivity contribution in [2.24, 2.45) is 18.1 Å². The fourth-order valence-corrected chi connectivity index (χ4v) is 6.91. The molecule has 0 unspecified atom stereocenters. The molecule has 1 aromatic carbocycles. The minimum atomic E-state index is -4.70. The number of nitrogens with zero attached hydrogens (tertiary/aromatic N) is 10. The predicted molar refractivity (Wildman–Crippen MR) is 170 cm³/mol. The maximum atomic E-state index is 14.5. The summed E-state index contributed by atoms with van der Waals surface area (Å²) in [5.41, 5.74) is 8.11. The largest absolute Gasteiger partial charge is 0.416 e. The summed E-state index contributed by atoms with van der Waals surface area (Å²) < 4.78 is 51.0. The molecule has 0 radical (unpaired) electrons. The van der Waals surface area contributed by atoms with Crippen molar-refractivity contribution in [2.45, 2.75) is 50.9 Å². The first kappa shape index (κ1) is 33.7. The van der Waals surface area contributed by atoms with E-state index in [9.17, 15) is 22.8 Å². The van der Waals surface area contributed by atoms with Gasteiger partial charge in [0, 0.05) is 55.5 Å². The van der Waals surface area contributed by atoms with Gasteiger partial charge in [-0.25, -0.2) is 4.98 Å². The number of carbonyl (C=O) groups is 2. The number of piperidine rings is 1. The molecule has 0 spiro atoms. The van der Waals surface area contributed by atoms with E-state index in [4.69, 9.17) is 21.9 Å². The van der Waals surface area contributed by atoms with E-state index in [-0.39, 0.29) is 55.6 Å². The number of hydrogen-bond donors (Lipinski definition) is 0. The Hall–Kier alpha value is -4.24. The van der Waals surface area contributed by atoms with Crippen LogP contribution in [0.3, 0.4) is 0 Å². The molecule has 0 N–H and O–H groups in total. The predicted octanol–water partition coefficient (Wildman–Crippen LogP) is 5.61. The van der Waals surface area contributed by atoms with E-state index >= 15 is 0 Å². The van der Waals surface area contributed by atoms with Gasteiger partial charge in [-0.05, 0) is 83.4 Å². The molecule has 2 saturated heterocycles. The average Bonchev–Trinajstić information content (AvgIpc) is 3.57. The van der Waals surface area contributed by atoms with Crippen molar-refractivity contribution in [2.75, 3.05) is 49.2 Å². The van der Waals surface area contributed by atoms with Crippen molar-refractivity contribution in [3.8, 4) is 0 Å². The Morgan fingerprint density at radius 3 is 2.69 bits per heavy atom. The Kier molecular flexibility index (Phi) is 9.35. The molecule has 17 heteroatoms. The lowest BCUT2D eigenvalue weighted by atomic mass is 9.75. The first-order valence-electron chi connectivity index (χ1n) is 15.6. The number of amides is 2. The lowest BCUT2D eigenvalue weighted by molar-refractivity contribution is -0.138. The molecule has 0 bridgehead atoms. The zero-order valence-electron chi connectivity index (χ0n) is 26.5. The highest BCUT2D eigenvalue weighted by atomic mass is 35.5. The van der Waals surface area contributed by atoms with Gasteiger partial charge in [0.05, 0.1) is 25.3 Å². The van der Waals surface area contributed by atoms with Crippen LogP contribution in [0.1, 0.15) is 58.2 Å². The van der Waals surface area contributed by atoms with Gasteiger partial charge in [0.15, 0.2) is 0 Å². The van der Waals surface area contributed by atoms with Crippen molar-refractivity contribution in [1.29, 1.82) is 0 Å². The average molecular weight is 687 g/mol. The van der Waals surface area contributed by atoms with E-state index in [2.05, 4.69) is 37.0 Å². The second-order valence-corrected chi connectivity index (χ2v) is 13.1. The van der Waals surface area contributed by atoms with Crippen LogP contribution in [0.5, 0.6) is 0 Å². The van der Waals surface area contributed by atoms with E-state index in [0.717, 1.165) is 36.9 Å². The summed E-state index contributed by atoms with van der Waals surface area (Å²) in [5.74, 6) is 0.537. The summed E-state index contributed by atoms with van der Waals surface area (Å²) in [4.78, 5) is 38.3. The number of likely N-dealkylation sites (tertiary alicyclic amines) is 1. The van der Waals surface area contributed by atoms with E-state index in [1.54, 1.807) is 36.1 Å². The number of azide groups is 1. The molecule has 2 amide bonds. The molecule has 3 aliphatic heterocycles. The monoisotopic (exact) mass is 686 g/mol. The van der Waals surface area contributed by atoms with Crippen LogP contribution in [-0.4, -0.2) is 75.3 Å². The first-order chi connectivity index (χ1) is 22.9. The zero-order valence-corrected chi connectivity index (χ0v) is 27.2. The summed E-state index contributed by atoms with van der Waals surface area (Å²) in [6.45, 7) is 3.88. The topological polar surface area (TPSA) is 145 Å². The molecule has 1 atom stereocenters. The number of rotatable bonds is 10. The Morgan fingerprint density at radius 1 is 1.27 bits per heavy atom. The molecule has 0 aliphatic carbocycles. The smallest absolute Gasteiger partial charge is 0.379 e. The van der Waals surface area contributed by atoms with Crippen molar-refractivity contribution >= 4 is 34.5 Å². The van der Waals surface area contributed by atoms with E-state index in [1.165, 1.54) is 4.90 Å². The molecule has 2 fully saturated rings. The fourth-order valence-electron chi connectivity index (χ4n) is 6.74. The quantitative estimate of drug-likeness (QED) is 0.0886. The summed E-state index contributed by atoms with van der Waals surface area (Å²) in [7, 11) is 1.80. The molecule has 5 heterocycles. The molecule has 2 aromatic heterocycles. The Labute approximate surface area is 279 Å². The van der Waals surface area contributed by atoms with Crippen molar-refractivity contribution in [3.63, 3.8) is 0 Å². The molecular formula is C31H34ClF3N10O3. The Morgan fingerprint density at radius 2 is 2.06 bits per heavy atom. The van der Waals surface area contributed by atoms with Crippen LogP contribution < -0.4 is 9.80 Å². The maximum Gasteiger partial charge on any atom is 0.416 e. The highest BCUT2D eigenvalue weighted by Crippen LogP contribution is 2.42. The number of aryl methyl sites for hydroxylation is 1. The molecule has 48 heavy (non-hydrogen) atoms. The molecule has 3 aromatic rings. The molecular weight excluding hydrogens is 653 g/mol. The van der Waals surface area contributed by atoms with Crippen LogP contribution >= 0.6 is 11.6 Å². The van der Waals surface area contributed by atoms with Crippen LogP contribution in [-0.2, 0) is 42.9 Å². The van der Waals surface area contributed by atoms with Gasteiger partial charge < -0.3 is 9.30 Å². The number of pyridine rings is 1. The summed E-state index contributed by atoms with van der Waals surface area (Å²) in [5, 5.41) is 10.7. The minimum absolute atomic E-state index is 0.0342. The van der Waals surface area contributed by atoms with E-state index in [1.807, 2.05) is 0 Å². The third-order valence-corrected chi connectivity index (χ3v) is 9.48. The standard InChI is InChI=1S/C31H34ClF3N10O3/c1-19-4-3-6-43(13-19)14-20-8-22-23(24(9-20)31(33,34)35)15-45(28(22)46)26-11-21(10-25(39-26)44(29(32)47)7-5-37-41-36)30(16-48-17-30)12-27-40-38-18-42(27)2/h8-11,18-19H,3-7,12-17H2,1-2H3/t19-/m0/s1. The summed E-state index contributed by atoms with van der Waals surface area (Å²) in [6, 6.07) is 5.97. The van der Waals surface area contributed by atoms with Gasteiger partial charge in [0.2, 0.25) is 0 Å². The van der Waals surface area contributed by atoms with Gasteiger partial charge in [-0.1, -0.05) is 12.0 Å². The van der Waals surface area contributed by atoms with Gasteiger partial charge >= 0.3 is 11.5 Å². The second-order valence-electron chi connectivity index (χ2n) is 12.8. The number of halogens is 4. The van der Waals surface area contributed by atoms with Gasteiger partial charge in [-0.2, -0.15) is 13.2 Å². The summed E-state index contributed by atoms with van der Waals surface area (Å²) >= 11 is 5.96. The number of aromatic nitrogens is 4. The van der Waals surface area contributed by atoms with Crippen LogP contribution in [0.4, 0.5) is 29.6 Å². The normalized spacial score (nSPS) is 19.1. The SMILES string of the molecule is C[C@H]1CCCN(Cc2cc3c(c(C(F)(F)F)c2)CN(c2cc(C4(Cc5nncn5C)COC4)cc(N(CCN=[N+]=[N-])C(=O)Cl)n2)C3=O)C1. The highest BCUT2D eigenvalue weighted by Gasteiger charge is 2.45. The molecule has 6 rings (SSSR count). The summed E-state index contributed by atoms with van der Waals surface area (Å²) in [6.07, 6.45) is -0.721. The highest BCUT2D eigenvalue weighted by molar-refractivity contribution is 6.66. The van der Waals surface area contributed by atoms with Gasteiger partial charge in [0.1, 0.15) is 23.8 Å². The fraction of sp³-hybridized carbons (Fsp3) is 0.516. The van der Waals surface area contributed by atoms with Crippen molar-refractivity contribution in [3.05, 3.63) is 74.7 Å². The van der Waals surface area contributed by atoms with E-state index in [0.29, 0.717) is 35.8 Å². The van der Waals surface area contributed by atoms with Gasteiger partial charge in [-0.3, -0.25) is 24.3 Å². The number of hydrogen-bond acceptors (Lipinski definition) is 8. The van der Waals surface area contributed by atoms with E-state index < -0.39 is 28.4 Å². The van der Waals surface area contributed by atoms with Crippen molar-refractivity contribution in [1.82, 2.24) is 24.6 Å². The number of carbonyl (C=O) groups excluding carboxylic acids is 2. The van der Waals surface area contributed by atoms with Gasteiger partial charge in [-0.15, -0.1) is 10.2 Å². The lowest BCUT2D eigenvalue weighted by Gasteiger charge is -2.42.